The van der Waals surface area contributed by atoms with Gasteiger partial charge >= 0.3 is 0 Å². The van der Waals surface area contributed by atoms with Crippen LogP contribution in [-0.2, 0) is 11.2 Å². The van der Waals surface area contributed by atoms with Crippen LogP contribution in [0.25, 0.3) is 11.7 Å². The first-order chi connectivity index (χ1) is 16.9. The van der Waals surface area contributed by atoms with Gasteiger partial charge in [0, 0.05) is 25.8 Å². The predicted molar refractivity (Wildman–Crippen MR) is 147 cm³/mol. The van der Waals surface area contributed by atoms with Crippen molar-refractivity contribution >= 4 is 51.7 Å². The Labute approximate surface area is 214 Å². The number of hydrogen-bond donors (Lipinski definition) is 0. The van der Waals surface area contributed by atoms with Gasteiger partial charge in [-0.1, -0.05) is 74.2 Å². The highest BCUT2D eigenvalue weighted by molar-refractivity contribution is 8.26. The fraction of sp³-hybridized carbons (Fsp3) is 0.333. The Balaban J connectivity index is 1.51. The molecule has 1 amide bonds. The Bertz CT molecular complexity index is 1360. The summed E-state index contributed by atoms with van der Waals surface area (Å²) in [4.78, 5) is 36.1. The standard InChI is InChI=1S/C27H28N4O2S2/c1-18-14-19(2)17-29(16-18)24-21(25(32)30-12-7-6-10-23(30)28-24)15-22-26(33)31(27(34)35-22)13-11-20-8-4-3-5-9-20/h3-10,12,15,18-19H,11,13-14,16-17H2,1-2H3/b22-15-. The summed E-state index contributed by atoms with van der Waals surface area (Å²) < 4.78 is 2.07. The van der Waals surface area contributed by atoms with E-state index in [1.807, 2.05) is 48.5 Å². The number of benzene rings is 1. The van der Waals surface area contributed by atoms with Gasteiger partial charge in [-0.3, -0.25) is 18.9 Å². The normalized spacial score (nSPS) is 21.9. The van der Waals surface area contributed by atoms with Crippen LogP contribution in [0.2, 0.25) is 0 Å². The Morgan fingerprint density at radius 2 is 1.77 bits per heavy atom. The largest absolute Gasteiger partial charge is 0.355 e. The summed E-state index contributed by atoms with van der Waals surface area (Å²) >= 11 is 6.80. The second-order valence-corrected chi connectivity index (χ2v) is 11.2. The zero-order valence-corrected chi connectivity index (χ0v) is 21.5. The fourth-order valence-corrected chi connectivity index (χ4v) is 6.29. The van der Waals surface area contributed by atoms with Crippen LogP contribution in [0.5, 0.6) is 0 Å². The number of thiocarbonyl (C=S) groups is 1. The number of amides is 1. The molecule has 2 atom stereocenters. The lowest BCUT2D eigenvalue weighted by Crippen LogP contribution is -2.40. The number of fused-ring (bicyclic) bond motifs is 1. The van der Waals surface area contributed by atoms with Gasteiger partial charge in [-0.05, 0) is 48.4 Å². The number of thioether (sulfide) groups is 1. The molecule has 6 nitrogen and oxygen atoms in total. The van der Waals surface area contributed by atoms with E-state index in [2.05, 4.69) is 18.7 Å². The topological polar surface area (TPSA) is 57.9 Å². The van der Waals surface area contributed by atoms with Crippen LogP contribution in [0.3, 0.4) is 0 Å². The van der Waals surface area contributed by atoms with Gasteiger partial charge in [-0.15, -0.1) is 0 Å². The van der Waals surface area contributed by atoms with Gasteiger partial charge in [0.05, 0.1) is 10.5 Å². The number of rotatable bonds is 5. The number of nitrogens with zero attached hydrogens (tertiary/aromatic N) is 4. The van der Waals surface area contributed by atoms with Crippen molar-refractivity contribution in [3.05, 3.63) is 81.1 Å². The lowest BCUT2D eigenvalue weighted by atomic mass is 9.91. The average molecular weight is 505 g/mol. The summed E-state index contributed by atoms with van der Waals surface area (Å²) in [5.41, 5.74) is 2.02. The van der Waals surface area contributed by atoms with Crippen LogP contribution in [0.1, 0.15) is 31.4 Å². The molecule has 2 aliphatic rings. The van der Waals surface area contributed by atoms with E-state index < -0.39 is 0 Å². The van der Waals surface area contributed by atoms with E-state index >= 15 is 0 Å². The highest BCUT2D eigenvalue weighted by Crippen LogP contribution is 2.34. The van der Waals surface area contributed by atoms with Crippen molar-refractivity contribution in [1.29, 1.82) is 0 Å². The minimum atomic E-state index is -0.175. The molecule has 2 saturated heterocycles. The maximum Gasteiger partial charge on any atom is 0.267 e. The number of carbonyl (C=O) groups excluding carboxylic acids is 1. The molecule has 2 aromatic heterocycles. The maximum atomic E-state index is 13.6. The number of carbonyl (C=O) groups is 1. The minimum Gasteiger partial charge on any atom is -0.355 e. The number of aromatic nitrogens is 2. The summed E-state index contributed by atoms with van der Waals surface area (Å²) in [5.74, 6) is 1.49. The zero-order valence-electron chi connectivity index (χ0n) is 19.9. The summed E-state index contributed by atoms with van der Waals surface area (Å²) in [6, 6.07) is 15.6. The molecule has 2 unspecified atom stereocenters. The molecule has 0 radical (unpaired) electrons. The van der Waals surface area contributed by atoms with Crippen molar-refractivity contribution in [3.63, 3.8) is 0 Å². The molecule has 2 fully saturated rings. The third-order valence-electron chi connectivity index (χ3n) is 6.53. The molecule has 0 spiro atoms. The molecule has 1 aromatic carbocycles. The molecular weight excluding hydrogens is 476 g/mol. The molecule has 0 N–H and O–H groups in total. The fourth-order valence-electron chi connectivity index (χ4n) is 5.00. The molecule has 0 aliphatic carbocycles. The van der Waals surface area contributed by atoms with Crippen molar-refractivity contribution in [2.24, 2.45) is 11.8 Å². The van der Waals surface area contributed by atoms with Crippen LogP contribution < -0.4 is 10.5 Å². The minimum absolute atomic E-state index is 0.153. The van der Waals surface area contributed by atoms with Gasteiger partial charge in [0.25, 0.3) is 11.5 Å². The molecule has 2 aliphatic heterocycles. The quantitative estimate of drug-likeness (QED) is 0.373. The number of piperidine rings is 1. The summed E-state index contributed by atoms with van der Waals surface area (Å²) in [7, 11) is 0. The molecule has 5 rings (SSSR count). The van der Waals surface area contributed by atoms with Crippen molar-refractivity contribution in [1.82, 2.24) is 14.3 Å². The lowest BCUT2D eigenvalue weighted by molar-refractivity contribution is -0.122. The van der Waals surface area contributed by atoms with Crippen molar-refractivity contribution < 1.29 is 4.79 Å². The first kappa shape index (κ1) is 23.8. The van der Waals surface area contributed by atoms with E-state index in [4.69, 9.17) is 17.2 Å². The van der Waals surface area contributed by atoms with Gasteiger partial charge < -0.3 is 4.90 Å². The average Bonchev–Trinajstić information content (AvgIpc) is 3.11. The van der Waals surface area contributed by atoms with E-state index in [0.717, 1.165) is 31.5 Å². The summed E-state index contributed by atoms with van der Waals surface area (Å²) in [5, 5.41) is 0. The second kappa shape index (κ2) is 9.95. The van der Waals surface area contributed by atoms with Gasteiger partial charge in [-0.2, -0.15) is 0 Å². The molecular formula is C27H28N4O2S2. The van der Waals surface area contributed by atoms with E-state index in [-0.39, 0.29) is 11.5 Å². The lowest BCUT2D eigenvalue weighted by Gasteiger charge is -2.36. The van der Waals surface area contributed by atoms with E-state index in [1.54, 1.807) is 21.6 Å². The third-order valence-corrected chi connectivity index (χ3v) is 7.91. The highest BCUT2D eigenvalue weighted by atomic mass is 32.2. The Kier molecular flexibility index (Phi) is 6.75. The highest BCUT2D eigenvalue weighted by Gasteiger charge is 2.33. The van der Waals surface area contributed by atoms with Crippen molar-refractivity contribution in [2.75, 3.05) is 24.5 Å². The third kappa shape index (κ3) is 4.90. The molecule has 3 aromatic rings. The molecule has 8 heteroatoms. The van der Waals surface area contributed by atoms with Gasteiger partial charge in [0.2, 0.25) is 0 Å². The molecule has 35 heavy (non-hydrogen) atoms. The van der Waals surface area contributed by atoms with Crippen LogP contribution in [0.15, 0.2) is 64.4 Å². The van der Waals surface area contributed by atoms with Crippen LogP contribution in [-0.4, -0.2) is 44.1 Å². The van der Waals surface area contributed by atoms with Crippen LogP contribution >= 0.6 is 24.0 Å². The monoisotopic (exact) mass is 504 g/mol. The number of pyridine rings is 1. The van der Waals surface area contributed by atoms with Gasteiger partial charge in [-0.25, -0.2) is 4.98 Å². The van der Waals surface area contributed by atoms with Gasteiger partial charge in [0.1, 0.15) is 15.8 Å². The van der Waals surface area contributed by atoms with E-state index in [0.29, 0.717) is 44.6 Å². The van der Waals surface area contributed by atoms with Crippen molar-refractivity contribution in [3.8, 4) is 0 Å². The Morgan fingerprint density at radius 3 is 2.51 bits per heavy atom. The predicted octanol–water partition coefficient (Wildman–Crippen LogP) is 4.62. The number of hydrogen-bond acceptors (Lipinski definition) is 6. The van der Waals surface area contributed by atoms with Crippen molar-refractivity contribution in [2.45, 2.75) is 26.7 Å². The Morgan fingerprint density at radius 1 is 1.06 bits per heavy atom. The molecule has 0 saturated carbocycles. The van der Waals surface area contributed by atoms with E-state index in [9.17, 15) is 9.59 Å². The maximum absolute atomic E-state index is 13.6. The summed E-state index contributed by atoms with van der Waals surface area (Å²) in [6.45, 7) is 6.63. The summed E-state index contributed by atoms with van der Waals surface area (Å²) in [6.07, 6.45) is 5.29. The molecule has 180 valence electrons. The molecule has 4 heterocycles. The second-order valence-electron chi connectivity index (χ2n) is 9.50. The Hall–Kier alpha value is -2.97. The van der Waals surface area contributed by atoms with Crippen LogP contribution in [0.4, 0.5) is 5.82 Å². The van der Waals surface area contributed by atoms with E-state index in [1.165, 1.54) is 11.8 Å². The first-order valence-corrected chi connectivity index (χ1v) is 13.2. The zero-order chi connectivity index (χ0) is 24.5. The smallest absolute Gasteiger partial charge is 0.267 e. The SMILES string of the molecule is CC1CC(C)CN(c2nc3ccccn3c(=O)c2/C=C2\SC(=S)N(CCc3ccccc3)C2=O)C1. The number of anilines is 1. The molecule has 0 bridgehead atoms. The first-order valence-electron chi connectivity index (χ1n) is 12.0. The van der Waals surface area contributed by atoms with Crippen LogP contribution in [0, 0.1) is 11.8 Å². The van der Waals surface area contributed by atoms with Gasteiger partial charge in [0.15, 0.2) is 0 Å².